The van der Waals surface area contributed by atoms with Gasteiger partial charge < -0.3 is 5.43 Å². The minimum absolute atomic E-state index is 0.0163. The summed E-state index contributed by atoms with van der Waals surface area (Å²) in [5.41, 5.74) is 2.91. The van der Waals surface area contributed by atoms with E-state index in [0.717, 1.165) is 0 Å². The zero-order valence-electron chi connectivity index (χ0n) is 10.1. The van der Waals surface area contributed by atoms with Crippen molar-refractivity contribution in [3.05, 3.63) is 51.9 Å². The van der Waals surface area contributed by atoms with Crippen molar-refractivity contribution < 1.29 is 12.8 Å². The Balaban J connectivity index is 2.41. The number of nitrogen functional groups attached to an aromatic ring is 1. The average Bonchev–Trinajstić information content (AvgIpc) is 2.42. The maximum absolute atomic E-state index is 13.0. The van der Waals surface area contributed by atoms with E-state index in [4.69, 9.17) is 5.84 Å². The summed E-state index contributed by atoms with van der Waals surface area (Å²) in [6, 6.07) is 10.0. The van der Waals surface area contributed by atoms with E-state index >= 15 is 0 Å². The molecule has 0 saturated carbocycles. The summed E-state index contributed by atoms with van der Waals surface area (Å²) in [6.45, 7) is 0. The number of anilines is 2. The third-order valence-electron chi connectivity index (χ3n) is 2.51. The van der Waals surface area contributed by atoms with Crippen LogP contribution in [0.1, 0.15) is 0 Å². The van der Waals surface area contributed by atoms with Gasteiger partial charge in [-0.1, -0.05) is 12.1 Å². The van der Waals surface area contributed by atoms with Crippen molar-refractivity contribution >= 4 is 44.0 Å². The second-order valence-corrected chi connectivity index (χ2v) is 6.68. The van der Waals surface area contributed by atoms with Gasteiger partial charge in [-0.15, -0.1) is 0 Å². The minimum Gasteiger partial charge on any atom is -0.323 e. The highest BCUT2D eigenvalue weighted by molar-refractivity contribution is 14.1. The van der Waals surface area contributed by atoms with E-state index in [-0.39, 0.29) is 10.6 Å². The Bertz CT molecular complexity index is 737. The van der Waals surface area contributed by atoms with Gasteiger partial charge in [0.1, 0.15) is 10.7 Å². The quantitative estimate of drug-likeness (QED) is 0.413. The van der Waals surface area contributed by atoms with Crippen LogP contribution in [0, 0.1) is 9.39 Å². The van der Waals surface area contributed by atoms with Crippen molar-refractivity contribution in [3.8, 4) is 0 Å². The molecule has 0 radical (unpaired) electrons. The fraction of sp³-hybridized carbons (Fsp3) is 0. The second kappa shape index (κ2) is 5.94. The lowest BCUT2D eigenvalue weighted by Crippen LogP contribution is -2.18. The molecule has 106 valence electrons. The lowest BCUT2D eigenvalue weighted by molar-refractivity contribution is 0.601. The number of para-hydroxylation sites is 1. The molecule has 4 N–H and O–H groups in total. The van der Waals surface area contributed by atoms with Gasteiger partial charge in [0.2, 0.25) is 0 Å². The number of nitrogens with one attached hydrogen (secondary N) is 2. The summed E-state index contributed by atoms with van der Waals surface area (Å²) in [5.74, 6) is 4.87. The number of sulfonamides is 1. The molecule has 20 heavy (non-hydrogen) atoms. The van der Waals surface area contributed by atoms with Crippen LogP contribution in [0.2, 0.25) is 0 Å². The smallest absolute Gasteiger partial charge is 0.264 e. The van der Waals surface area contributed by atoms with Crippen LogP contribution < -0.4 is 16.0 Å². The monoisotopic (exact) mass is 407 g/mol. The predicted octanol–water partition coefficient (Wildman–Crippen LogP) is 2.52. The molecule has 8 heteroatoms. The number of hydrogen-bond donors (Lipinski definition) is 3. The van der Waals surface area contributed by atoms with E-state index in [9.17, 15) is 12.8 Å². The Kier molecular flexibility index (Phi) is 4.45. The summed E-state index contributed by atoms with van der Waals surface area (Å²) in [4.78, 5) is 0.0163. The van der Waals surface area contributed by atoms with E-state index < -0.39 is 15.8 Å². The Morgan fingerprint density at radius 3 is 2.45 bits per heavy atom. The highest BCUT2D eigenvalue weighted by atomic mass is 127. The van der Waals surface area contributed by atoms with Gasteiger partial charge in [-0.3, -0.25) is 10.6 Å². The standard InChI is InChI=1S/C12H11FIN3O2S/c13-8-5-6-10(9(14)7-8)17-20(18,19)12-4-2-1-3-11(12)16-15/h1-7,16-17H,15H2. The first-order chi connectivity index (χ1) is 9.44. The van der Waals surface area contributed by atoms with Gasteiger partial charge in [-0.2, -0.15) is 0 Å². The molecule has 0 aliphatic heterocycles. The molecule has 0 aliphatic rings. The molecule has 2 aromatic carbocycles. The van der Waals surface area contributed by atoms with Gasteiger partial charge in [0.25, 0.3) is 10.0 Å². The third kappa shape index (κ3) is 3.19. The van der Waals surface area contributed by atoms with E-state index in [1.807, 2.05) is 22.6 Å². The SMILES string of the molecule is NNc1ccccc1S(=O)(=O)Nc1ccc(F)cc1I. The fourth-order valence-electron chi connectivity index (χ4n) is 1.59. The summed E-state index contributed by atoms with van der Waals surface area (Å²) in [6.07, 6.45) is 0. The predicted molar refractivity (Wildman–Crippen MR) is 84.2 cm³/mol. The molecule has 2 rings (SSSR count). The first-order valence-electron chi connectivity index (χ1n) is 5.47. The maximum atomic E-state index is 13.0. The Morgan fingerprint density at radius 2 is 1.80 bits per heavy atom. The zero-order valence-corrected chi connectivity index (χ0v) is 13.1. The molecule has 0 fully saturated rings. The molecule has 0 heterocycles. The molecule has 0 amide bonds. The molecule has 0 unspecified atom stereocenters. The Hall–Kier alpha value is -1.39. The molecule has 0 bridgehead atoms. The average molecular weight is 407 g/mol. The summed E-state index contributed by atoms with van der Waals surface area (Å²) in [5, 5.41) is 0. The molecule has 0 aliphatic carbocycles. The van der Waals surface area contributed by atoms with Gasteiger partial charge in [-0.25, -0.2) is 12.8 Å². The van der Waals surface area contributed by atoms with Crippen molar-refractivity contribution in [2.45, 2.75) is 4.90 Å². The largest absolute Gasteiger partial charge is 0.323 e. The Labute approximate surface area is 129 Å². The lowest BCUT2D eigenvalue weighted by Gasteiger charge is -2.12. The first-order valence-corrected chi connectivity index (χ1v) is 8.04. The van der Waals surface area contributed by atoms with Crippen LogP contribution in [0.4, 0.5) is 15.8 Å². The number of rotatable bonds is 4. The number of nitrogens with two attached hydrogens (primary N) is 1. The van der Waals surface area contributed by atoms with Crippen LogP contribution in [0.15, 0.2) is 47.4 Å². The Morgan fingerprint density at radius 1 is 1.10 bits per heavy atom. The summed E-state index contributed by atoms with van der Waals surface area (Å²) in [7, 11) is -3.81. The van der Waals surface area contributed by atoms with Gasteiger partial charge in [-0.05, 0) is 52.9 Å². The highest BCUT2D eigenvalue weighted by Crippen LogP contribution is 2.25. The topological polar surface area (TPSA) is 84.2 Å². The van der Waals surface area contributed by atoms with E-state index in [0.29, 0.717) is 9.26 Å². The highest BCUT2D eigenvalue weighted by Gasteiger charge is 2.19. The zero-order chi connectivity index (χ0) is 14.8. The lowest BCUT2D eigenvalue weighted by atomic mass is 10.3. The first kappa shape index (κ1) is 15.0. The van der Waals surface area contributed by atoms with Crippen LogP contribution in [0.5, 0.6) is 0 Å². The summed E-state index contributed by atoms with van der Waals surface area (Å²) < 4.78 is 40.5. The van der Waals surface area contributed by atoms with Crippen LogP contribution in [-0.2, 0) is 10.0 Å². The molecule has 2 aromatic rings. The second-order valence-electron chi connectivity index (χ2n) is 3.87. The molecule has 0 spiro atoms. The van der Waals surface area contributed by atoms with Crippen LogP contribution in [0.3, 0.4) is 0 Å². The van der Waals surface area contributed by atoms with Crippen LogP contribution in [-0.4, -0.2) is 8.42 Å². The molecule has 0 saturated heterocycles. The van der Waals surface area contributed by atoms with Gasteiger partial charge in [0, 0.05) is 3.57 Å². The number of benzene rings is 2. The number of hydrazine groups is 1. The molecular weight excluding hydrogens is 396 g/mol. The van der Waals surface area contributed by atoms with Crippen molar-refractivity contribution in [2.24, 2.45) is 5.84 Å². The van der Waals surface area contributed by atoms with E-state index in [2.05, 4.69) is 10.1 Å². The van der Waals surface area contributed by atoms with Crippen molar-refractivity contribution in [3.63, 3.8) is 0 Å². The summed E-state index contributed by atoms with van der Waals surface area (Å²) >= 11 is 1.86. The van der Waals surface area contributed by atoms with Crippen LogP contribution in [0.25, 0.3) is 0 Å². The van der Waals surface area contributed by atoms with Gasteiger partial charge >= 0.3 is 0 Å². The number of halogens is 2. The molecule has 5 nitrogen and oxygen atoms in total. The normalized spacial score (nSPS) is 11.2. The van der Waals surface area contributed by atoms with Crippen LogP contribution >= 0.6 is 22.6 Å². The maximum Gasteiger partial charge on any atom is 0.264 e. The van der Waals surface area contributed by atoms with Gasteiger partial charge in [0.15, 0.2) is 0 Å². The van der Waals surface area contributed by atoms with Crippen molar-refractivity contribution in [1.82, 2.24) is 0 Å². The molecular formula is C12H11FIN3O2S. The number of hydrogen-bond acceptors (Lipinski definition) is 4. The minimum atomic E-state index is -3.81. The molecule has 0 atom stereocenters. The van der Waals surface area contributed by atoms with Crippen molar-refractivity contribution in [1.29, 1.82) is 0 Å². The van der Waals surface area contributed by atoms with E-state index in [1.165, 1.54) is 24.3 Å². The van der Waals surface area contributed by atoms with Crippen molar-refractivity contribution in [2.75, 3.05) is 10.1 Å². The van der Waals surface area contributed by atoms with Gasteiger partial charge in [0.05, 0.1) is 11.4 Å². The molecule has 0 aromatic heterocycles. The van der Waals surface area contributed by atoms with E-state index in [1.54, 1.807) is 18.2 Å². The fourth-order valence-corrected chi connectivity index (χ4v) is 3.64. The third-order valence-corrected chi connectivity index (χ3v) is 4.82.